The summed E-state index contributed by atoms with van der Waals surface area (Å²) in [5.74, 6) is 0. The number of nitrogens with zero attached hydrogens (tertiary/aromatic N) is 1. The summed E-state index contributed by atoms with van der Waals surface area (Å²) in [6, 6.07) is 0.585. The van der Waals surface area contributed by atoms with Crippen molar-refractivity contribution in [2.75, 3.05) is 26.2 Å². The van der Waals surface area contributed by atoms with E-state index in [-0.39, 0.29) is 0 Å². The second-order valence-corrected chi connectivity index (χ2v) is 3.14. The highest BCUT2D eigenvalue weighted by Crippen LogP contribution is 2.15. The molecule has 1 fully saturated rings. The van der Waals surface area contributed by atoms with Crippen LogP contribution in [0, 0.1) is 0 Å². The first kappa shape index (κ1) is 8.97. The number of hydrogen-bond acceptors (Lipinski definition) is 3. The summed E-state index contributed by atoms with van der Waals surface area (Å²) in [4.78, 5) is 2.39. The predicted octanol–water partition coefficient (Wildman–Crippen LogP) is -0.208. The zero-order chi connectivity index (χ0) is 8.10. The van der Waals surface area contributed by atoms with Crippen LogP contribution in [0.5, 0.6) is 0 Å². The Morgan fingerprint density at radius 2 is 2.36 bits per heavy atom. The van der Waals surface area contributed by atoms with Crippen molar-refractivity contribution in [2.45, 2.75) is 25.3 Å². The number of aliphatic hydroxyl groups is 1. The van der Waals surface area contributed by atoms with E-state index >= 15 is 0 Å². The SMILES string of the molecule is NCC1CCCN1CCCO. The van der Waals surface area contributed by atoms with E-state index in [1.165, 1.54) is 19.4 Å². The Bertz CT molecular complexity index is 108. The third-order valence-corrected chi connectivity index (χ3v) is 2.37. The molecule has 1 unspecified atom stereocenters. The molecule has 0 aromatic rings. The molecule has 1 rings (SSSR count). The van der Waals surface area contributed by atoms with Crippen molar-refractivity contribution in [3.63, 3.8) is 0 Å². The average molecular weight is 158 g/mol. The largest absolute Gasteiger partial charge is 0.396 e. The monoisotopic (exact) mass is 158 g/mol. The minimum absolute atomic E-state index is 0.299. The maximum atomic E-state index is 8.63. The average Bonchev–Trinajstić information content (AvgIpc) is 2.47. The smallest absolute Gasteiger partial charge is 0.0443 e. The molecule has 0 radical (unpaired) electrons. The highest BCUT2D eigenvalue weighted by atomic mass is 16.3. The van der Waals surface area contributed by atoms with Gasteiger partial charge in [-0.05, 0) is 25.8 Å². The van der Waals surface area contributed by atoms with Gasteiger partial charge >= 0.3 is 0 Å². The predicted molar refractivity (Wildman–Crippen MR) is 45.4 cm³/mol. The summed E-state index contributed by atoms with van der Waals surface area (Å²) in [7, 11) is 0. The third-order valence-electron chi connectivity index (χ3n) is 2.37. The van der Waals surface area contributed by atoms with Gasteiger partial charge < -0.3 is 10.8 Å². The molecule has 1 atom stereocenters. The summed E-state index contributed by atoms with van der Waals surface area (Å²) in [6.07, 6.45) is 3.39. The summed E-state index contributed by atoms with van der Waals surface area (Å²) in [5.41, 5.74) is 5.59. The molecule has 0 aromatic heterocycles. The fourth-order valence-corrected chi connectivity index (χ4v) is 1.73. The van der Waals surface area contributed by atoms with E-state index in [4.69, 9.17) is 10.8 Å². The molecular formula is C8H18N2O. The second kappa shape index (κ2) is 4.70. The molecule has 0 bridgehead atoms. The van der Waals surface area contributed by atoms with Crippen molar-refractivity contribution in [2.24, 2.45) is 5.73 Å². The van der Waals surface area contributed by atoms with Crippen LogP contribution in [0.1, 0.15) is 19.3 Å². The number of hydrogen-bond donors (Lipinski definition) is 2. The van der Waals surface area contributed by atoms with Crippen molar-refractivity contribution in [3.05, 3.63) is 0 Å². The lowest BCUT2D eigenvalue weighted by Crippen LogP contribution is -2.36. The lowest BCUT2D eigenvalue weighted by molar-refractivity contribution is 0.215. The Kier molecular flexibility index (Phi) is 3.83. The Hall–Kier alpha value is -0.120. The van der Waals surface area contributed by atoms with Crippen LogP contribution in [0.3, 0.4) is 0 Å². The molecule has 0 saturated carbocycles. The molecule has 3 nitrogen and oxygen atoms in total. The van der Waals surface area contributed by atoms with Crippen molar-refractivity contribution in [1.82, 2.24) is 4.90 Å². The topological polar surface area (TPSA) is 49.5 Å². The lowest BCUT2D eigenvalue weighted by Gasteiger charge is -2.22. The molecule has 11 heavy (non-hydrogen) atoms. The van der Waals surface area contributed by atoms with E-state index < -0.39 is 0 Å². The highest BCUT2D eigenvalue weighted by Gasteiger charge is 2.21. The molecule has 0 aromatic carbocycles. The van der Waals surface area contributed by atoms with Gasteiger partial charge in [0.2, 0.25) is 0 Å². The van der Waals surface area contributed by atoms with Gasteiger partial charge in [-0.1, -0.05) is 0 Å². The Balaban J connectivity index is 2.20. The van der Waals surface area contributed by atoms with E-state index in [2.05, 4.69) is 4.90 Å². The zero-order valence-electron chi connectivity index (χ0n) is 7.00. The van der Waals surface area contributed by atoms with Crippen LogP contribution in [0.15, 0.2) is 0 Å². The fourth-order valence-electron chi connectivity index (χ4n) is 1.73. The summed E-state index contributed by atoms with van der Waals surface area (Å²) < 4.78 is 0. The van der Waals surface area contributed by atoms with Crippen LogP contribution in [-0.4, -0.2) is 42.3 Å². The van der Waals surface area contributed by atoms with E-state index in [1.807, 2.05) is 0 Å². The summed E-state index contributed by atoms with van der Waals surface area (Å²) in [6.45, 7) is 3.25. The molecule has 1 heterocycles. The summed E-state index contributed by atoms with van der Waals surface area (Å²) in [5, 5.41) is 8.63. The first-order valence-corrected chi connectivity index (χ1v) is 4.43. The first-order chi connectivity index (χ1) is 5.38. The first-order valence-electron chi connectivity index (χ1n) is 4.43. The normalized spacial score (nSPS) is 26.2. The van der Waals surface area contributed by atoms with Gasteiger partial charge in [-0.3, -0.25) is 4.90 Å². The quantitative estimate of drug-likeness (QED) is 0.595. The van der Waals surface area contributed by atoms with Gasteiger partial charge in [0.25, 0.3) is 0 Å². The maximum absolute atomic E-state index is 8.63. The molecule has 66 valence electrons. The van der Waals surface area contributed by atoms with Crippen LogP contribution in [0.4, 0.5) is 0 Å². The van der Waals surface area contributed by atoms with Crippen LogP contribution in [0.2, 0.25) is 0 Å². The van der Waals surface area contributed by atoms with Crippen LogP contribution in [-0.2, 0) is 0 Å². The van der Waals surface area contributed by atoms with E-state index in [0.717, 1.165) is 19.5 Å². The molecule has 1 saturated heterocycles. The van der Waals surface area contributed by atoms with Gasteiger partial charge in [0.1, 0.15) is 0 Å². The minimum atomic E-state index is 0.299. The molecule has 0 amide bonds. The molecule has 3 heteroatoms. The number of likely N-dealkylation sites (tertiary alicyclic amines) is 1. The van der Waals surface area contributed by atoms with E-state index in [0.29, 0.717) is 12.6 Å². The highest BCUT2D eigenvalue weighted by molar-refractivity contribution is 4.79. The van der Waals surface area contributed by atoms with Crippen LogP contribution < -0.4 is 5.73 Å². The van der Waals surface area contributed by atoms with E-state index in [9.17, 15) is 0 Å². The van der Waals surface area contributed by atoms with Crippen molar-refractivity contribution in [3.8, 4) is 0 Å². The minimum Gasteiger partial charge on any atom is -0.396 e. The second-order valence-electron chi connectivity index (χ2n) is 3.14. The molecule has 1 aliphatic heterocycles. The van der Waals surface area contributed by atoms with Crippen molar-refractivity contribution >= 4 is 0 Å². The van der Waals surface area contributed by atoms with E-state index in [1.54, 1.807) is 0 Å². The van der Waals surface area contributed by atoms with Gasteiger partial charge in [0.15, 0.2) is 0 Å². The molecule has 0 aliphatic carbocycles. The molecule has 0 spiro atoms. The Morgan fingerprint density at radius 1 is 1.55 bits per heavy atom. The van der Waals surface area contributed by atoms with Crippen LogP contribution in [0.25, 0.3) is 0 Å². The van der Waals surface area contributed by atoms with Gasteiger partial charge in [0.05, 0.1) is 0 Å². The van der Waals surface area contributed by atoms with Gasteiger partial charge in [-0.25, -0.2) is 0 Å². The van der Waals surface area contributed by atoms with Crippen LogP contribution >= 0.6 is 0 Å². The zero-order valence-corrected chi connectivity index (χ0v) is 7.00. The van der Waals surface area contributed by atoms with Crippen molar-refractivity contribution in [1.29, 1.82) is 0 Å². The lowest BCUT2D eigenvalue weighted by atomic mass is 10.2. The van der Waals surface area contributed by atoms with Gasteiger partial charge in [-0.2, -0.15) is 0 Å². The number of aliphatic hydroxyl groups excluding tert-OH is 1. The van der Waals surface area contributed by atoms with Gasteiger partial charge in [-0.15, -0.1) is 0 Å². The number of rotatable bonds is 4. The maximum Gasteiger partial charge on any atom is 0.0443 e. The standard InChI is InChI=1S/C8H18N2O/c9-7-8-3-1-4-10(8)5-2-6-11/h8,11H,1-7,9H2. The third kappa shape index (κ3) is 2.43. The van der Waals surface area contributed by atoms with Crippen molar-refractivity contribution < 1.29 is 5.11 Å². The van der Waals surface area contributed by atoms with Gasteiger partial charge in [0, 0.05) is 25.7 Å². The summed E-state index contributed by atoms with van der Waals surface area (Å²) >= 11 is 0. The molecule has 1 aliphatic rings. The fraction of sp³-hybridized carbons (Fsp3) is 1.00. The Labute approximate surface area is 68.2 Å². The molecular weight excluding hydrogens is 140 g/mol. The number of nitrogens with two attached hydrogens (primary N) is 1. The molecule has 3 N–H and O–H groups in total. The Morgan fingerprint density at radius 3 is 3.00 bits per heavy atom.